The standard InChI is InChI=1S/C21H19N5O2/c1-25(11-12-26-10-8-15-5-2-3-7-18(15)26)21(28)17-14-23-19(24-20(17)27)16-6-4-9-22-13-16/h2-10,13-14H,11-12H2,1H3,(H,23,24,27). The third-order valence-corrected chi connectivity index (χ3v) is 4.67. The molecule has 3 heterocycles. The number of nitrogens with zero attached hydrogens (tertiary/aromatic N) is 4. The van der Waals surface area contributed by atoms with E-state index in [-0.39, 0.29) is 11.5 Å². The summed E-state index contributed by atoms with van der Waals surface area (Å²) < 4.78 is 2.09. The lowest BCUT2D eigenvalue weighted by Gasteiger charge is -2.17. The summed E-state index contributed by atoms with van der Waals surface area (Å²) in [5, 5.41) is 1.16. The SMILES string of the molecule is CN(CCn1ccc2ccccc21)C(=O)c1cnc(-c2cccnc2)[nH]c1=O. The number of para-hydroxylation sites is 1. The average Bonchev–Trinajstić information content (AvgIpc) is 3.15. The Morgan fingerprint density at radius 2 is 2.00 bits per heavy atom. The maximum Gasteiger partial charge on any atom is 0.264 e. The molecule has 4 rings (SSSR count). The molecule has 4 aromatic rings. The van der Waals surface area contributed by atoms with Crippen LogP contribution in [0, 0.1) is 0 Å². The fourth-order valence-corrected chi connectivity index (χ4v) is 3.10. The van der Waals surface area contributed by atoms with Crippen LogP contribution in [0.15, 0.2) is 72.0 Å². The van der Waals surface area contributed by atoms with Crippen LogP contribution >= 0.6 is 0 Å². The summed E-state index contributed by atoms with van der Waals surface area (Å²) in [5.41, 5.74) is 1.36. The lowest BCUT2D eigenvalue weighted by molar-refractivity contribution is 0.0788. The zero-order valence-electron chi connectivity index (χ0n) is 15.4. The van der Waals surface area contributed by atoms with Crippen LogP contribution in [-0.4, -0.2) is 43.9 Å². The fraction of sp³-hybridized carbons (Fsp3) is 0.143. The molecular weight excluding hydrogens is 354 g/mol. The van der Waals surface area contributed by atoms with Crippen LogP contribution in [0.5, 0.6) is 0 Å². The van der Waals surface area contributed by atoms with Crippen molar-refractivity contribution in [3.05, 3.63) is 83.2 Å². The van der Waals surface area contributed by atoms with Gasteiger partial charge in [-0.1, -0.05) is 18.2 Å². The molecule has 7 nitrogen and oxygen atoms in total. The van der Waals surface area contributed by atoms with Gasteiger partial charge in [0.2, 0.25) is 0 Å². The van der Waals surface area contributed by atoms with Gasteiger partial charge in [0, 0.05) is 56.0 Å². The van der Waals surface area contributed by atoms with Gasteiger partial charge in [-0.15, -0.1) is 0 Å². The first-order valence-corrected chi connectivity index (χ1v) is 8.92. The van der Waals surface area contributed by atoms with Gasteiger partial charge in [-0.3, -0.25) is 14.6 Å². The number of fused-ring (bicyclic) bond motifs is 1. The van der Waals surface area contributed by atoms with E-state index in [0.29, 0.717) is 24.5 Å². The van der Waals surface area contributed by atoms with Crippen molar-refractivity contribution in [1.82, 2.24) is 24.4 Å². The summed E-state index contributed by atoms with van der Waals surface area (Å²) in [7, 11) is 1.68. The Labute approximate surface area is 161 Å². The van der Waals surface area contributed by atoms with E-state index in [2.05, 4.69) is 25.6 Å². The van der Waals surface area contributed by atoms with Gasteiger partial charge in [0.25, 0.3) is 11.5 Å². The van der Waals surface area contributed by atoms with Gasteiger partial charge < -0.3 is 14.5 Å². The molecule has 140 valence electrons. The van der Waals surface area contributed by atoms with E-state index in [1.807, 2.05) is 30.5 Å². The highest BCUT2D eigenvalue weighted by Crippen LogP contribution is 2.15. The highest BCUT2D eigenvalue weighted by molar-refractivity contribution is 5.93. The largest absolute Gasteiger partial charge is 0.346 e. The van der Waals surface area contributed by atoms with Gasteiger partial charge >= 0.3 is 0 Å². The van der Waals surface area contributed by atoms with Gasteiger partial charge in [-0.25, -0.2) is 4.98 Å². The maximum atomic E-state index is 12.7. The number of carbonyl (C=O) groups is 1. The van der Waals surface area contributed by atoms with E-state index >= 15 is 0 Å². The predicted molar refractivity (Wildman–Crippen MR) is 107 cm³/mol. The van der Waals surface area contributed by atoms with E-state index in [4.69, 9.17) is 0 Å². The zero-order chi connectivity index (χ0) is 19.5. The molecule has 0 bridgehead atoms. The monoisotopic (exact) mass is 373 g/mol. The van der Waals surface area contributed by atoms with Gasteiger partial charge in [0.1, 0.15) is 11.4 Å². The highest BCUT2D eigenvalue weighted by Gasteiger charge is 2.17. The maximum absolute atomic E-state index is 12.7. The van der Waals surface area contributed by atoms with E-state index < -0.39 is 5.56 Å². The summed E-state index contributed by atoms with van der Waals surface area (Å²) in [6, 6.07) is 13.7. The fourth-order valence-electron chi connectivity index (χ4n) is 3.10. The number of amides is 1. The third-order valence-electron chi connectivity index (χ3n) is 4.67. The van der Waals surface area contributed by atoms with Crippen molar-refractivity contribution < 1.29 is 4.79 Å². The minimum absolute atomic E-state index is 0.0208. The second-order valence-corrected chi connectivity index (χ2v) is 6.51. The third kappa shape index (κ3) is 3.42. The molecule has 0 atom stereocenters. The molecule has 0 unspecified atom stereocenters. The Hall–Kier alpha value is -3.74. The molecule has 1 amide bonds. The smallest absolute Gasteiger partial charge is 0.264 e. The summed E-state index contributed by atoms with van der Waals surface area (Å²) in [6.45, 7) is 1.11. The molecule has 0 aliphatic carbocycles. The lowest BCUT2D eigenvalue weighted by Crippen LogP contribution is -2.34. The van der Waals surface area contributed by atoms with Crippen LogP contribution in [0.1, 0.15) is 10.4 Å². The summed E-state index contributed by atoms with van der Waals surface area (Å²) in [6.07, 6.45) is 6.57. The van der Waals surface area contributed by atoms with Crippen molar-refractivity contribution in [3.8, 4) is 11.4 Å². The van der Waals surface area contributed by atoms with Crippen LogP contribution in [0.2, 0.25) is 0 Å². The molecule has 0 spiro atoms. The lowest BCUT2D eigenvalue weighted by atomic mass is 10.2. The molecule has 28 heavy (non-hydrogen) atoms. The molecule has 0 aliphatic heterocycles. The highest BCUT2D eigenvalue weighted by atomic mass is 16.2. The van der Waals surface area contributed by atoms with E-state index in [1.165, 1.54) is 11.1 Å². The van der Waals surface area contributed by atoms with Gasteiger partial charge in [-0.05, 0) is 29.7 Å². The summed E-state index contributed by atoms with van der Waals surface area (Å²) in [5.74, 6) is 0.0269. The van der Waals surface area contributed by atoms with E-state index in [9.17, 15) is 9.59 Å². The van der Waals surface area contributed by atoms with Gasteiger partial charge in [0.05, 0.1) is 0 Å². The molecule has 0 saturated heterocycles. The number of pyridine rings is 1. The van der Waals surface area contributed by atoms with Crippen LogP contribution in [0.4, 0.5) is 0 Å². The number of H-pyrrole nitrogens is 1. The predicted octanol–water partition coefficient (Wildman–Crippen LogP) is 2.56. The Morgan fingerprint density at radius 3 is 2.79 bits per heavy atom. The number of hydrogen-bond donors (Lipinski definition) is 1. The quantitative estimate of drug-likeness (QED) is 0.583. The van der Waals surface area contributed by atoms with Crippen molar-refractivity contribution >= 4 is 16.8 Å². The first kappa shape index (κ1) is 17.7. The number of likely N-dealkylation sites (N-methyl/N-ethyl adjacent to an activating group) is 1. The molecule has 1 N–H and O–H groups in total. The minimum atomic E-state index is -0.461. The Morgan fingerprint density at radius 1 is 1.14 bits per heavy atom. The van der Waals surface area contributed by atoms with Gasteiger partial charge in [0.15, 0.2) is 0 Å². The first-order valence-electron chi connectivity index (χ1n) is 8.92. The molecule has 0 radical (unpaired) electrons. The number of benzene rings is 1. The second-order valence-electron chi connectivity index (χ2n) is 6.51. The Kier molecular flexibility index (Phi) is 4.72. The number of aromatic nitrogens is 4. The topological polar surface area (TPSA) is 83.9 Å². The molecule has 3 aromatic heterocycles. The number of rotatable bonds is 5. The summed E-state index contributed by atoms with van der Waals surface area (Å²) >= 11 is 0. The molecule has 0 fully saturated rings. The van der Waals surface area contributed by atoms with Crippen molar-refractivity contribution in [2.75, 3.05) is 13.6 Å². The second kappa shape index (κ2) is 7.48. The molecule has 7 heteroatoms. The molecule has 1 aromatic carbocycles. The normalized spacial score (nSPS) is 10.9. The number of hydrogen-bond acceptors (Lipinski definition) is 4. The first-order chi connectivity index (χ1) is 13.6. The van der Waals surface area contributed by atoms with Crippen molar-refractivity contribution in [2.24, 2.45) is 0 Å². The van der Waals surface area contributed by atoms with Gasteiger partial charge in [-0.2, -0.15) is 0 Å². The van der Waals surface area contributed by atoms with Crippen molar-refractivity contribution in [1.29, 1.82) is 0 Å². The minimum Gasteiger partial charge on any atom is -0.346 e. The molecule has 0 aliphatic rings. The van der Waals surface area contributed by atoms with E-state index in [0.717, 1.165) is 10.9 Å². The Balaban J connectivity index is 1.48. The van der Waals surface area contributed by atoms with Crippen LogP contribution in [0.25, 0.3) is 22.3 Å². The van der Waals surface area contributed by atoms with E-state index in [1.54, 1.807) is 31.6 Å². The van der Waals surface area contributed by atoms with Crippen molar-refractivity contribution in [2.45, 2.75) is 6.54 Å². The Bertz CT molecular complexity index is 1180. The van der Waals surface area contributed by atoms with Crippen LogP contribution < -0.4 is 5.56 Å². The molecular formula is C21H19N5O2. The number of aromatic amines is 1. The number of nitrogens with one attached hydrogen (secondary N) is 1. The van der Waals surface area contributed by atoms with Crippen molar-refractivity contribution in [3.63, 3.8) is 0 Å². The van der Waals surface area contributed by atoms with Crippen LogP contribution in [-0.2, 0) is 6.54 Å². The average molecular weight is 373 g/mol. The summed E-state index contributed by atoms with van der Waals surface area (Å²) in [4.78, 5) is 37.5. The zero-order valence-corrected chi connectivity index (χ0v) is 15.4. The van der Waals surface area contributed by atoms with Crippen LogP contribution in [0.3, 0.4) is 0 Å². The number of carbonyl (C=O) groups excluding carboxylic acids is 1. The molecule has 0 saturated carbocycles.